The van der Waals surface area contributed by atoms with Crippen LogP contribution in [0.15, 0.2) is 36.9 Å². The van der Waals surface area contributed by atoms with Gasteiger partial charge in [-0.15, -0.1) is 0 Å². The molecule has 0 bridgehead atoms. The molecule has 2 aliphatic rings. The monoisotopic (exact) mass is 537 g/mol. The number of methoxy groups -OCH3 is 2. The van der Waals surface area contributed by atoms with Crippen molar-refractivity contribution in [2.75, 3.05) is 57.7 Å². The average molecular weight is 538 g/mol. The van der Waals surface area contributed by atoms with Gasteiger partial charge < -0.3 is 24.6 Å². The third kappa shape index (κ3) is 5.08. The number of hydrogen-bond acceptors (Lipinski definition) is 6. The van der Waals surface area contributed by atoms with E-state index in [1.165, 1.54) is 26.4 Å². The van der Waals surface area contributed by atoms with E-state index in [4.69, 9.17) is 9.47 Å². The fraction of sp³-hybridized carbons (Fsp3) is 0.379. The Bertz CT molecular complexity index is 1370. The van der Waals surface area contributed by atoms with Gasteiger partial charge in [0.2, 0.25) is 5.91 Å². The van der Waals surface area contributed by atoms with Gasteiger partial charge in [0.1, 0.15) is 0 Å². The number of benzene rings is 2. The number of fused-ring (bicyclic) bond motifs is 1. The smallest absolute Gasteiger partial charge is 0.247 e. The standard InChI is InChI=1S/C29H33F2N5O3/c1-5-25(37)32-21-9-7-18(36-12-10-35(2)11-13-36)15-20(21)29-19-8-6-17(14-22(19)33-34-29)26-27(30)23(38-3)16-24(39-4)28(26)31/h5,7,9,15-17H,1,6,8,10-14H2,2-4H3,(H,32,37)(H,33,34)/t17-/m0/s1. The SMILES string of the molecule is C=CC(=O)Nc1ccc(N2CCN(C)CC2)cc1-c1n[nH]c2c1CC[C@H](c1c(F)c(OC)cc(OC)c1F)C2. The number of aromatic nitrogens is 2. The lowest BCUT2D eigenvalue weighted by Crippen LogP contribution is -2.44. The Morgan fingerprint density at radius 1 is 1.13 bits per heavy atom. The van der Waals surface area contributed by atoms with E-state index >= 15 is 8.78 Å². The molecule has 1 atom stereocenters. The van der Waals surface area contributed by atoms with Crippen molar-refractivity contribution in [3.8, 4) is 22.8 Å². The van der Waals surface area contributed by atoms with Gasteiger partial charge in [-0.3, -0.25) is 9.89 Å². The number of likely N-dealkylation sites (N-methyl/N-ethyl adjacent to an activating group) is 1. The maximum Gasteiger partial charge on any atom is 0.247 e. The van der Waals surface area contributed by atoms with Crippen LogP contribution in [0.25, 0.3) is 11.3 Å². The van der Waals surface area contributed by atoms with Crippen molar-refractivity contribution in [1.82, 2.24) is 15.1 Å². The number of nitrogens with one attached hydrogen (secondary N) is 2. The van der Waals surface area contributed by atoms with Crippen molar-refractivity contribution in [3.63, 3.8) is 0 Å². The molecular formula is C29H33F2N5O3. The summed E-state index contributed by atoms with van der Waals surface area (Å²) >= 11 is 0. The minimum atomic E-state index is -0.710. The van der Waals surface area contributed by atoms with Crippen molar-refractivity contribution in [3.05, 3.63) is 65.4 Å². The van der Waals surface area contributed by atoms with Crippen LogP contribution in [0.5, 0.6) is 11.5 Å². The third-order valence-electron chi connectivity index (χ3n) is 7.73. The summed E-state index contributed by atoms with van der Waals surface area (Å²) in [5, 5.41) is 10.6. The Hall–Kier alpha value is -3.92. The van der Waals surface area contributed by atoms with E-state index in [9.17, 15) is 4.79 Å². The van der Waals surface area contributed by atoms with E-state index in [0.717, 1.165) is 54.4 Å². The van der Waals surface area contributed by atoms with E-state index in [2.05, 4.69) is 45.0 Å². The van der Waals surface area contributed by atoms with Gasteiger partial charge in [-0.05, 0) is 56.5 Å². The molecule has 1 aliphatic carbocycles. The van der Waals surface area contributed by atoms with Crippen LogP contribution >= 0.6 is 0 Å². The molecule has 3 aromatic rings. The average Bonchev–Trinajstić information content (AvgIpc) is 3.37. The van der Waals surface area contributed by atoms with E-state index in [0.29, 0.717) is 24.9 Å². The zero-order chi connectivity index (χ0) is 27.7. The number of ether oxygens (including phenoxy) is 2. The molecule has 0 unspecified atom stereocenters. The highest BCUT2D eigenvalue weighted by atomic mass is 19.1. The Morgan fingerprint density at radius 2 is 1.82 bits per heavy atom. The highest BCUT2D eigenvalue weighted by Gasteiger charge is 2.32. The molecule has 0 radical (unpaired) electrons. The van der Waals surface area contributed by atoms with Crippen LogP contribution in [0.1, 0.15) is 29.2 Å². The molecule has 39 heavy (non-hydrogen) atoms. The highest BCUT2D eigenvalue weighted by Crippen LogP contribution is 2.43. The largest absolute Gasteiger partial charge is 0.494 e. The topological polar surface area (TPSA) is 82.7 Å². The first kappa shape index (κ1) is 26.7. The number of halogens is 2. The molecule has 1 amide bonds. The third-order valence-corrected chi connectivity index (χ3v) is 7.73. The number of nitrogens with zero attached hydrogens (tertiary/aromatic N) is 3. The quantitative estimate of drug-likeness (QED) is 0.432. The number of rotatable bonds is 7. The van der Waals surface area contributed by atoms with Crippen LogP contribution in [0.4, 0.5) is 20.2 Å². The van der Waals surface area contributed by atoms with Gasteiger partial charge in [-0.25, -0.2) is 8.78 Å². The molecule has 2 heterocycles. The van der Waals surface area contributed by atoms with Crippen LogP contribution in [0.3, 0.4) is 0 Å². The molecule has 1 fully saturated rings. The van der Waals surface area contributed by atoms with Crippen molar-refractivity contribution < 1.29 is 23.0 Å². The van der Waals surface area contributed by atoms with Gasteiger partial charge in [0.25, 0.3) is 0 Å². The van der Waals surface area contributed by atoms with Crippen LogP contribution in [-0.2, 0) is 17.6 Å². The van der Waals surface area contributed by atoms with Crippen LogP contribution in [0.2, 0.25) is 0 Å². The fourth-order valence-electron chi connectivity index (χ4n) is 5.52. The summed E-state index contributed by atoms with van der Waals surface area (Å²) in [6, 6.07) is 7.18. The lowest BCUT2D eigenvalue weighted by molar-refractivity contribution is -0.111. The lowest BCUT2D eigenvalue weighted by atomic mass is 9.81. The number of aromatic amines is 1. The number of H-pyrrole nitrogens is 1. The second kappa shape index (κ2) is 11.1. The molecule has 10 heteroatoms. The summed E-state index contributed by atoms with van der Waals surface area (Å²) in [6.45, 7) is 7.29. The van der Waals surface area contributed by atoms with Crippen molar-refractivity contribution in [2.45, 2.75) is 25.2 Å². The number of hydrogen-bond donors (Lipinski definition) is 2. The first-order valence-corrected chi connectivity index (χ1v) is 13.0. The van der Waals surface area contributed by atoms with E-state index in [1.54, 1.807) is 0 Å². The number of carbonyl (C=O) groups excluding carboxylic acids is 1. The van der Waals surface area contributed by atoms with Gasteiger partial charge in [-0.1, -0.05) is 6.58 Å². The second-order valence-electron chi connectivity index (χ2n) is 10.0. The lowest BCUT2D eigenvalue weighted by Gasteiger charge is -2.34. The van der Waals surface area contributed by atoms with Gasteiger partial charge in [0.05, 0.1) is 25.6 Å². The molecule has 206 valence electrons. The molecule has 2 aromatic carbocycles. The minimum absolute atomic E-state index is 0.0380. The van der Waals surface area contributed by atoms with Crippen molar-refractivity contribution >= 4 is 17.3 Å². The van der Waals surface area contributed by atoms with Crippen LogP contribution < -0.4 is 19.7 Å². The van der Waals surface area contributed by atoms with Crippen LogP contribution in [-0.4, -0.2) is 68.5 Å². The number of amides is 1. The van der Waals surface area contributed by atoms with E-state index in [1.807, 2.05) is 12.1 Å². The highest BCUT2D eigenvalue weighted by molar-refractivity contribution is 6.02. The molecule has 1 aromatic heterocycles. The fourth-order valence-corrected chi connectivity index (χ4v) is 5.52. The number of piperazine rings is 1. The molecule has 0 saturated carbocycles. The Labute approximate surface area is 226 Å². The van der Waals surface area contributed by atoms with E-state index < -0.39 is 17.6 Å². The maximum atomic E-state index is 15.2. The molecule has 2 N–H and O–H groups in total. The van der Waals surface area contributed by atoms with Gasteiger partial charge >= 0.3 is 0 Å². The van der Waals surface area contributed by atoms with Crippen molar-refractivity contribution in [1.29, 1.82) is 0 Å². The molecule has 8 nitrogen and oxygen atoms in total. The van der Waals surface area contributed by atoms with Crippen LogP contribution in [0, 0.1) is 11.6 Å². The van der Waals surface area contributed by atoms with Gasteiger partial charge in [0, 0.05) is 60.3 Å². The second-order valence-corrected chi connectivity index (χ2v) is 10.0. The molecule has 1 aliphatic heterocycles. The predicted molar refractivity (Wildman–Crippen MR) is 147 cm³/mol. The molecule has 1 saturated heterocycles. The number of anilines is 2. The summed E-state index contributed by atoms with van der Waals surface area (Å²) in [5.74, 6) is -2.26. The zero-order valence-electron chi connectivity index (χ0n) is 22.4. The van der Waals surface area contributed by atoms with E-state index in [-0.39, 0.29) is 23.0 Å². The first-order valence-electron chi connectivity index (χ1n) is 13.0. The Kier molecular flexibility index (Phi) is 7.56. The summed E-state index contributed by atoms with van der Waals surface area (Å²) in [4.78, 5) is 16.8. The minimum Gasteiger partial charge on any atom is -0.494 e. The molecular weight excluding hydrogens is 504 g/mol. The Morgan fingerprint density at radius 3 is 2.46 bits per heavy atom. The summed E-state index contributed by atoms with van der Waals surface area (Å²) in [6.07, 6.45) is 2.67. The number of carbonyl (C=O) groups is 1. The first-order chi connectivity index (χ1) is 18.8. The maximum absolute atomic E-state index is 15.2. The van der Waals surface area contributed by atoms with Gasteiger partial charge in [-0.2, -0.15) is 5.10 Å². The summed E-state index contributed by atoms with van der Waals surface area (Å²) in [7, 11) is 4.80. The summed E-state index contributed by atoms with van der Waals surface area (Å²) < 4.78 is 40.7. The molecule has 5 rings (SSSR count). The Balaban J connectivity index is 1.51. The predicted octanol–water partition coefficient (Wildman–Crippen LogP) is 4.52. The summed E-state index contributed by atoms with van der Waals surface area (Å²) in [5.41, 5.74) is 4.95. The van der Waals surface area contributed by atoms with Crippen molar-refractivity contribution in [2.24, 2.45) is 0 Å². The van der Waals surface area contributed by atoms with Gasteiger partial charge in [0.15, 0.2) is 23.1 Å². The normalized spacial score (nSPS) is 17.5. The molecule has 0 spiro atoms. The zero-order valence-corrected chi connectivity index (χ0v) is 22.4.